The molecule has 0 aromatic rings. The molecule has 6 nitrogen and oxygen atoms in total. The van der Waals surface area contributed by atoms with E-state index in [2.05, 4.69) is 4.90 Å². The van der Waals surface area contributed by atoms with E-state index in [1.54, 1.807) is 19.1 Å². The van der Waals surface area contributed by atoms with E-state index in [1.807, 2.05) is 11.8 Å². The van der Waals surface area contributed by atoms with Crippen molar-refractivity contribution >= 4 is 23.7 Å². The molecule has 3 saturated heterocycles. The Bertz CT molecular complexity index is 445. The van der Waals surface area contributed by atoms with Gasteiger partial charge in [0.2, 0.25) is 0 Å². The van der Waals surface area contributed by atoms with Crippen LogP contribution in [0.2, 0.25) is 0 Å². The van der Waals surface area contributed by atoms with Crippen LogP contribution in [-0.2, 0) is 9.53 Å². The van der Waals surface area contributed by atoms with Crippen molar-refractivity contribution in [1.29, 1.82) is 0 Å². The van der Waals surface area contributed by atoms with Crippen LogP contribution in [0.5, 0.6) is 0 Å². The maximum atomic E-state index is 12.7. The number of carbonyl (C=O) groups excluding carboxylic acids is 2. The lowest BCUT2D eigenvalue weighted by molar-refractivity contribution is -0.135. The number of urea groups is 1. The standard InChI is InChI=1S/C15H25N3O3S/c1-16-13(19)15(18(14(16)20)8-9-21-2)4-6-17(7-5-15)12-3-10-22-11-12/h12H,3-11H2,1-2H3/t12-/m0/s1. The molecule has 124 valence electrons. The number of hydrogen-bond acceptors (Lipinski definition) is 5. The van der Waals surface area contributed by atoms with Gasteiger partial charge in [-0.2, -0.15) is 11.8 Å². The van der Waals surface area contributed by atoms with E-state index < -0.39 is 5.54 Å². The van der Waals surface area contributed by atoms with Gasteiger partial charge in [0.15, 0.2) is 0 Å². The predicted octanol–water partition coefficient (Wildman–Crippen LogP) is 0.867. The minimum Gasteiger partial charge on any atom is -0.383 e. The van der Waals surface area contributed by atoms with E-state index in [-0.39, 0.29) is 11.9 Å². The highest BCUT2D eigenvalue weighted by atomic mass is 32.2. The summed E-state index contributed by atoms with van der Waals surface area (Å²) in [7, 11) is 3.22. The molecule has 1 atom stereocenters. The Kier molecular flexibility index (Phi) is 4.66. The summed E-state index contributed by atoms with van der Waals surface area (Å²) < 4.78 is 5.12. The second kappa shape index (κ2) is 6.37. The molecule has 3 aliphatic rings. The van der Waals surface area contributed by atoms with Gasteiger partial charge < -0.3 is 9.64 Å². The summed E-state index contributed by atoms with van der Waals surface area (Å²) in [6.45, 7) is 2.77. The molecule has 3 fully saturated rings. The summed E-state index contributed by atoms with van der Waals surface area (Å²) in [5.41, 5.74) is -0.632. The van der Waals surface area contributed by atoms with Crippen molar-refractivity contribution in [2.24, 2.45) is 0 Å². The molecule has 0 radical (unpaired) electrons. The average Bonchev–Trinajstić information content (AvgIpc) is 3.12. The van der Waals surface area contributed by atoms with Gasteiger partial charge in [0.25, 0.3) is 5.91 Å². The number of likely N-dealkylation sites (N-methyl/N-ethyl adjacent to an activating group) is 1. The van der Waals surface area contributed by atoms with Crippen LogP contribution < -0.4 is 0 Å². The van der Waals surface area contributed by atoms with Crippen LogP contribution in [0.4, 0.5) is 4.79 Å². The fourth-order valence-corrected chi connectivity index (χ4v) is 5.18. The normalized spacial score (nSPS) is 29.1. The predicted molar refractivity (Wildman–Crippen MR) is 86.0 cm³/mol. The van der Waals surface area contributed by atoms with Gasteiger partial charge in [-0.1, -0.05) is 0 Å². The maximum absolute atomic E-state index is 12.7. The number of imide groups is 1. The first-order chi connectivity index (χ1) is 10.6. The smallest absolute Gasteiger partial charge is 0.327 e. The van der Waals surface area contributed by atoms with Crippen molar-refractivity contribution in [2.75, 3.05) is 51.9 Å². The molecule has 3 rings (SSSR count). The number of nitrogens with zero attached hydrogens (tertiary/aromatic N) is 3. The van der Waals surface area contributed by atoms with E-state index in [1.165, 1.54) is 22.8 Å². The summed E-state index contributed by atoms with van der Waals surface area (Å²) in [4.78, 5) is 30.6. The molecule has 0 N–H and O–H groups in total. The lowest BCUT2D eigenvalue weighted by Gasteiger charge is -2.43. The molecule has 3 amide bonds. The van der Waals surface area contributed by atoms with Crippen LogP contribution in [0.3, 0.4) is 0 Å². The molecular weight excluding hydrogens is 302 g/mol. The second-order valence-corrected chi connectivity index (χ2v) is 7.53. The van der Waals surface area contributed by atoms with Crippen LogP contribution in [0.15, 0.2) is 0 Å². The minimum atomic E-state index is -0.632. The molecule has 22 heavy (non-hydrogen) atoms. The third-order valence-corrected chi connectivity index (χ3v) is 6.45. The Balaban J connectivity index is 1.73. The SMILES string of the molecule is COCCN1C(=O)N(C)C(=O)C12CCN([C@H]1CCSC1)CC2. The Labute approximate surface area is 136 Å². The molecule has 1 spiro atoms. The van der Waals surface area contributed by atoms with E-state index in [9.17, 15) is 9.59 Å². The van der Waals surface area contributed by atoms with Crippen LogP contribution in [0.1, 0.15) is 19.3 Å². The maximum Gasteiger partial charge on any atom is 0.327 e. The van der Waals surface area contributed by atoms with Gasteiger partial charge in [0, 0.05) is 45.6 Å². The molecule has 7 heteroatoms. The Morgan fingerprint density at radius 3 is 2.64 bits per heavy atom. The summed E-state index contributed by atoms with van der Waals surface area (Å²) in [6, 6.07) is 0.478. The number of likely N-dealkylation sites (tertiary alicyclic amines) is 1. The Hall–Kier alpha value is -0.790. The van der Waals surface area contributed by atoms with Gasteiger partial charge in [0.1, 0.15) is 5.54 Å². The second-order valence-electron chi connectivity index (χ2n) is 6.38. The van der Waals surface area contributed by atoms with Crippen molar-refractivity contribution in [1.82, 2.24) is 14.7 Å². The van der Waals surface area contributed by atoms with Crippen molar-refractivity contribution in [3.8, 4) is 0 Å². The van der Waals surface area contributed by atoms with E-state index in [4.69, 9.17) is 4.74 Å². The largest absolute Gasteiger partial charge is 0.383 e. The monoisotopic (exact) mass is 327 g/mol. The van der Waals surface area contributed by atoms with Crippen LogP contribution in [0, 0.1) is 0 Å². The van der Waals surface area contributed by atoms with Gasteiger partial charge in [-0.3, -0.25) is 14.6 Å². The number of hydrogen-bond donors (Lipinski definition) is 0. The van der Waals surface area contributed by atoms with Gasteiger partial charge in [-0.15, -0.1) is 0 Å². The number of thioether (sulfide) groups is 1. The summed E-state index contributed by atoms with van der Waals surface area (Å²) in [5, 5.41) is 0. The fourth-order valence-electron chi connectivity index (χ4n) is 3.92. The first-order valence-corrected chi connectivity index (χ1v) is 9.16. The number of ether oxygens (including phenoxy) is 1. The first-order valence-electron chi connectivity index (χ1n) is 8.00. The number of piperidine rings is 1. The topological polar surface area (TPSA) is 53.1 Å². The van der Waals surface area contributed by atoms with Gasteiger partial charge in [-0.25, -0.2) is 4.79 Å². The van der Waals surface area contributed by atoms with E-state index in [0.29, 0.717) is 19.2 Å². The van der Waals surface area contributed by atoms with Gasteiger partial charge in [0.05, 0.1) is 6.61 Å². The number of carbonyl (C=O) groups is 2. The molecule has 3 aliphatic heterocycles. The van der Waals surface area contributed by atoms with Crippen molar-refractivity contribution in [3.05, 3.63) is 0 Å². The van der Waals surface area contributed by atoms with E-state index >= 15 is 0 Å². The summed E-state index contributed by atoms with van der Waals surface area (Å²) in [5.74, 6) is 2.41. The van der Waals surface area contributed by atoms with Crippen molar-refractivity contribution in [2.45, 2.75) is 30.8 Å². The Morgan fingerprint density at radius 1 is 1.32 bits per heavy atom. The summed E-state index contributed by atoms with van der Waals surface area (Å²) >= 11 is 2.01. The highest BCUT2D eigenvalue weighted by Crippen LogP contribution is 2.38. The van der Waals surface area contributed by atoms with Crippen molar-refractivity contribution < 1.29 is 14.3 Å². The van der Waals surface area contributed by atoms with Gasteiger partial charge >= 0.3 is 6.03 Å². The third kappa shape index (κ3) is 2.53. The minimum absolute atomic E-state index is 0.0333. The summed E-state index contributed by atoms with van der Waals surface area (Å²) in [6.07, 6.45) is 2.73. The highest BCUT2D eigenvalue weighted by molar-refractivity contribution is 7.99. The average molecular weight is 327 g/mol. The fraction of sp³-hybridized carbons (Fsp3) is 0.867. The number of methoxy groups -OCH3 is 1. The quantitative estimate of drug-likeness (QED) is 0.717. The lowest BCUT2D eigenvalue weighted by atomic mass is 9.85. The Morgan fingerprint density at radius 2 is 2.05 bits per heavy atom. The van der Waals surface area contributed by atoms with Gasteiger partial charge in [-0.05, 0) is 25.0 Å². The van der Waals surface area contributed by atoms with Crippen LogP contribution in [0.25, 0.3) is 0 Å². The number of rotatable bonds is 4. The molecule has 0 bridgehead atoms. The molecule has 0 unspecified atom stereocenters. The van der Waals surface area contributed by atoms with Crippen molar-refractivity contribution in [3.63, 3.8) is 0 Å². The zero-order chi connectivity index (χ0) is 15.7. The molecule has 0 aliphatic carbocycles. The molecule has 3 heterocycles. The lowest BCUT2D eigenvalue weighted by Crippen LogP contribution is -2.58. The third-order valence-electron chi connectivity index (χ3n) is 5.30. The first kappa shape index (κ1) is 16.1. The highest BCUT2D eigenvalue weighted by Gasteiger charge is 2.56. The molecule has 0 aromatic heterocycles. The zero-order valence-corrected chi connectivity index (χ0v) is 14.2. The zero-order valence-electron chi connectivity index (χ0n) is 13.4. The molecule has 0 saturated carbocycles. The molecular formula is C15H25N3O3S. The van der Waals surface area contributed by atoms with E-state index in [0.717, 1.165) is 25.9 Å². The van der Waals surface area contributed by atoms with Crippen LogP contribution in [-0.4, -0.2) is 90.1 Å². The van der Waals surface area contributed by atoms with Crippen LogP contribution >= 0.6 is 11.8 Å². The number of amides is 3. The molecule has 0 aromatic carbocycles.